The second kappa shape index (κ2) is 10.2. The summed E-state index contributed by atoms with van der Waals surface area (Å²) < 4.78 is 10.7. The Balaban J connectivity index is 1.67. The van der Waals surface area contributed by atoms with Crippen molar-refractivity contribution in [3.63, 3.8) is 0 Å². The van der Waals surface area contributed by atoms with Crippen molar-refractivity contribution in [1.29, 1.82) is 0 Å². The average molecular weight is 451 g/mol. The summed E-state index contributed by atoms with van der Waals surface area (Å²) in [7, 11) is 1.58. The molecule has 1 N–H and O–H groups in total. The molecule has 2 aromatic carbocycles. The third kappa shape index (κ3) is 4.79. The van der Waals surface area contributed by atoms with Crippen LogP contribution >= 0.6 is 0 Å². The van der Waals surface area contributed by atoms with Crippen LogP contribution in [0.4, 0.5) is 0 Å². The summed E-state index contributed by atoms with van der Waals surface area (Å²) in [5.41, 5.74) is 2.21. The van der Waals surface area contributed by atoms with Crippen LogP contribution in [-0.4, -0.2) is 73.1 Å². The highest BCUT2D eigenvalue weighted by atomic mass is 16.5. The van der Waals surface area contributed by atoms with Gasteiger partial charge in [-0.25, -0.2) is 0 Å². The highest BCUT2D eigenvalue weighted by Gasteiger charge is 2.45. The summed E-state index contributed by atoms with van der Waals surface area (Å²) in [6.07, 6.45) is 0.734. The van der Waals surface area contributed by atoms with Crippen LogP contribution < -0.4 is 4.74 Å². The van der Waals surface area contributed by atoms with E-state index in [-0.39, 0.29) is 11.3 Å². The van der Waals surface area contributed by atoms with Crippen LogP contribution in [0.1, 0.15) is 29.2 Å². The fraction of sp³-hybridized carbons (Fsp3) is 0.385. The molecule has 1 amide bonds. The quantitative estimate of drug-likeness (QED) is 0.397. The van der Waals surface area contributed by atoms with Gasteiger partial charge in [0.1, 0.15) is 11.5 Å². The molecule has 0 aromatic heterocycles. The highest BCUT2D eigenvalue weighted by Crippen LogP contribution is 2.40. The maximum atomic E-state index is 13.2. The van der Waals surface area contributed by atoms with Crippen molar-refractivity contribution in [2.45, 2.75) is 19.4 Å². The van der Waals surface area contributed by atoms with Crippen LogP contribution in [0, 0.1) is 6.92 Å². The van der Waals surface area contributed by atoms with Crippen molar-refractivity contribution in [3.05, 3.63) is 70.8 Å². The number of benzene rings is 2. The minimum Gasteiger partial charge on any atom is -0.507 e. The van der Waals surface area contributed by atoms with E-state index in [1.807, 2.05) is 37.3 Å². The number of carbonyl (C=O) groups excluding carboxylic acids is 2. The summed E-state index contributed by atoms with van der Waals surface area (Å²) in [6.45, 7) is 6.28. The first kappa shape index (κ1) is 23.0. The van der Waals surface area contributed by atoms with Crippen LogP contribution in [0.3, 0.4) is 0 Å². The third-order valence-electron chi connectivity index (χ3n) is 6.32. The lowest BCUT2D eigenvalue weighted by Gasteiger charge is -2.29. The van der Waals surface area contributed by atoms with Crippen LogP contribution in [-0.2, 0) is 14.3 Å². The van der Waals surface area contributed by atoms with E-state index in [9.17, 15) is 14.7 Å². The van der Waals surface area contributed by atoms with Crippen LogP contribution in [0.2, 0.25) is 0 Å². The fourth-order valence-corrected chi connectivity index (χ4v) is 4.56. The number of likely N-dealkylation sites (tertiary alicyclic amines) is 1. The summed E-state index contributed by atoms with van der Waals surface area (Å²) in [4.78, 5) is 30.1. The minimum absolute atomic E-state index is 0.130. The number of hydrogen-bond donors (Lipinski definition) is 1. The minimum atomic E-state index is -0.650. The zero-order valence-electron chi connectivity index (χ0n) is 19.1. The molecule has 2 aliphatic rings. The van der Waals surface area contributed by atoms with Crippen molar-refractivity contribution in [2.75, 3.05) is 46.5 Å². The van der Waals surface area contributed by atoms with Gasteiger partial charge in [0.15, 0.2) is 0 Å². The molecule has 2 aliphatic heterocycles. The second-order valence-corrected chi connectivity index (χ2v) is 8.39. The van der Waals surface area contributed by atoms with Crippen LogP contribution in [0.5, 0.6) is 5.75 Å². The van der Waals surface area contributed by atoms with E-state index in [1.54, 1.807) is 30.2 Å². The van der Waals surface area contributed by atoms with Gasteiger partial charge in [-0.15, -0.1) is 0 Å². The molecule has 2 aromatic rings. The molecule has 2 fully saturated rings. The number of morpholine rings is 1. The van der Waals surface area contributed by atoms with Crippen molar-refractivity contribution < 1.29 is 24.2 Å². The molecule has 0 saturated carbocycles. The Bertz CT molecular complexity index is 1040. The molecule has 1 atom stereocenters. The monoisotopic (exact) mass is 450 g/mol. The maximum Gasteiger partial charge on any atom is 0.295 e. The predicted octanol–water partition coefficient (Wildman–Crippen LogP) is 3.15. The molecular formula is C26H30N2O5. The van der Waals surface area contributed by atoms with E-state index in [0.717, 1.165) is 50.4 Å². The molecule has 0 radical (unpaired) electrons. The number of aliphatic hydroxyl groups excluding tert-OH is 1. The van der Waals surface area contributed by atoms with Gasteiger partial charge in [-0.05, 0) is 42.7 Å². The second-order valence-electron chi connectivity index (χ2n) is 8.39. The summed E-state index contributed by atoms with van der Waals surface area (Å²) >= 11 is 0. The molecule has 174 valence electrons. The van der Waals surface area contributed by atoms with E-state index < -0.39 is 17.7 Å². The summed E-state index contributed by atoms with van der Waals surface area (Å²) in [5, 5.41) is 11.2. The molecule has 0 aliphatic carbocycles. The zero-order valence-corrected chi connectivity index (χ0v) is 19.1. The number of methoxy groups -OCH3 is 1. The molecule has 4 rings (SSSR count). The highest BCUT2D eigenvalue weighted by molar-refractivity contribution is 6.46. The number of ether oxygens (including phenoxy) is 2. The Kier molecular flexibility index (Phi) is 7.11. The standard InChI is InChI=1S/C26H30N2O5/c1-18-17-20(32-2)9-10-21(18)24(29)22-23(19-7-4-3-5-8-19)28(26(31)25(22)30)12-6-11-27-13-15-33-16-14-27/h3-5,7-10,17,23,29H,6,11-16H2,1-2H3/t23-/m0/s1. The largest absolute Gasteiger partial charge is 0.507 e. The first-order valence-corrected chi connectivity index (χ1v) is 11.3. The first-order chi connectivity index (χ1) is 16.0. The molecule has 0 spiro atoms. The van der Waals surface area contributed by atoms with Gasteiger partial charge in [-0.3, -0.25) is 14.5 Å². The number of carbonyl (C=O) groups is 2. The first-order valence-electron chi connectivity index (χ1n) is 11.3. The van der Waals surface area contributed by atoms with Gasteiger partial charge >= 0.3 is 0 Å². The van der Waals surface area contributed by atoms with Gasteiger partial charge in [0.25, 0.3) is 11.7 Å². The van der Waals surface area contributed by atoms with Gasteiger partial charge in [0.05, 0.1) is 31.9 Å². The van der Waals surface area contributed by atoms with Gasteiger partial charge in [0, 0.05) is 31.7 Å². The van der Waals surface area contributed by atoms with Gasteiger partial charge in [0.2, 0.25) is 0 Å². The topological polar surface area (TPSA) is 79.3 Å². The lowest BCUT2D eigenvalue weighted by atomic mass is 9.94. The number of nitrogens with zero attached hydrogens (tertiary/aromatic N) is 2. The van der Waals surface area contributed by atoms with E-state index in [0.29, 0.717) is 17.9 Å². The van der Waals surface area contributed by atoms with Crippen LogP contribution in [0.25, 0.3) is 5.76 Å². The Morgan fingerprint density at radius 2 is 1.82 bits per heavy atom. The number of aliphatic hydroxyl groups is 1. The number of rotatable bonds is 7. The van der Waals surface area contributed by atoms with Crippen molar-refractivity contribution >= 4 is 17.4 Å². The molecular weight excluding hydrogens is 420 g/mol. The summed E-state index contributed by atoms with van der Waals surface area (Å²) in [5.74, 6) is -0.716. The number of amides is 1. The van der Waals surface area contributed by atoms with E-state index >= 15 is 0 Å². The normalized spacial score (nSPS) is 20.9. The van der Waals surface area contributed by atoms with E-state index in [4.69, 9.17) is 9.47 Å². The van der Waals surface area contributed by atoms with Gasteiger partial charge in [-0.2, -0.15) is 0 Å². The molecule has 33 heavy (non-hydrogen) atoms. The van der Waals surface area contributed by atoms with Crippen molar-refractivity contribution in [3.8, 4) is 5.75 Å². The lowest BCUT2D eigenvalue weighted by Crippen LogP contribution is -2.38. The smallest absolute Gasteiger partial charge is 0.295 e. The molecule has 0 unspecified atom stereocenters. The van der Waals surface area contributed by atoms with Gasteiger partial charge < -0.3 is 19.5 Å². The average Bonchev–Trinajstić information content (AvgIpc) is 3.10. The van der Waals surface area contributed by atoms with Crippen molar-refractivity contribution in [2.24, 2.45) is 0 Å². The third-order valence-corrected chi connectivity index (χ3v) is 6.32. The predicted molar refractivity (Wildman–Crippen MR) is 125 cm³/mol. The lowest BCUT2D eigenvalue weighted by molar-refractivity contribution is -0.140. The maximum absolute atomic E-state index is 13.2. The van der Waals surface area contributed by atoms with Gasteiger partial charge in [-0.1, -0.05) is 30.3 Å². The Hall–Kier alpha value is -3.16. The number of aryl methyl sites for hydroxylation is 1. The SMILES string of the molecule is COc1ccc(C(O)=C2C(=O)C(=O)N(CCCN3CCOCC3)[C@H]2c2ccccc2)c(C)c1. The van der Waals surface area contributed by atoms with Crippen LogP contribution in [0.15, 0.2) is 54.1 Å². The van der Waals surface area contributed by atoms with E-state index in [2.05, 4.69) is 4.90 Å². The number of Topliss-reactive ketones (excluding diaryl/α,β-unsaturated/α-hetero) is 1. The Morgan fingerprint density at radius 3 is 2.48 bits per heavy atom. The molecule has 7 heteroatoms. The number of hydrogen-bond acceptors (Lipinski definition) is 6. The molecule has 7 nitrogen and oxygen atoms in total. The molecule has 2 saturated heterocycles. The number of ketones is 1. The molecule has 2 heterocycles. The van der Waals surface area contributed by atoms with E-state index in [1.165, 1.54) is 0 Å². The molecule has 0 bridgehead atoms. The Labute approximate surface area is 194 Å². The Morgan fingerprint density at radius 1 is 1.09 bits per heavy atom. The zero-order chi connectivity index (χ0) is 23.4. The van der Waals surface area contributed by atoms with Crippen molar-refractivity contribution in [1.82, 2.24) is 9.80 Å². The summed E-state index contributed by atoms with van der Waals surface area (Å²) in [6, 6.07) is 14.0. The fourth-order valence-electron chi connectivity index (χ4n) is 4.56.